The lowest BCUT2D eigenvalue weighted by atomic mass is 10.1. The van der Waals surface area contributed by atoms with Crippen molar-refractivity contribution in [2.75, 3.05) is 7.11 Å². The standard InChI is InChI=1S/C13H14ClN3O/c1-4-9-7-10(5-6-11(9)18-3)12-13(14)15-8(2)16-17-12/h5-7H,4H2,1-3H3. The van der Waals surface area contributed by atoms with Gasteiger partial charge in [0.25, 0.3) is 0 Å². The molecule has 94 valence electrons. The van der Waals surface area contributed by atoms with Gasteiger partial charge in [0.15, 0.2) is 5.15 Å². The van der Waals surface area contributed by atoms with Crippen LogP contribution in [-0.4, -0.2) is 22.3 Å². The van der Waals surface area contributed by atoms with Gasteiger partial charge in [-0.1, -0.05) is 18.5 Å². The molecule has 0 aliphatic carbocycles. The summed E-state index contributed by atoms with van der Waals surface area (Å²) in [6, 6.07) is 5.82. The van der Waals surface area contributed by atoms with Crippen LogP contribution in [0.1, 0.15) is 18.3 Å². The Bertz CT molecular complexity index is 572. The maximum absolute atomic E-state index is 6.09. The zero-order valence-electron chi connectivity index (χ0n) is 10.6. The van der Waals surface area contributed by atoms with Gasteiger partial charge in [-0.25, -0.2) is 4.98 Å². The molecule has 0 saturated heterocycles. The van der Waals surface area contributed by atoms with E-state index in [1.807, 2.05) is 18.2 Å². The second-order valence-electron chi connectivity index (χ2n) is 3.88. The molecule has 5 heteroatoms. The fourth-order valence-corrected chi connectivity index (χ4v) is 2.03. The fraction of sp³-hybridized carbons (Fsp3) is 0.308. The van der Waals surface area contributed by atoms with Gasteiger partial charge in [-0.15, -0.1) is 10.2 Å². The number of ether oxygens (including phenoxy) is 1. The second-order valence-corrected chi connectivity index (χ2v) is 4.24. The van der Waals surface area contributed by atoms with Gasteiger partial charge in [0.1, 0.15) is 17.3 Å². The highest BCUT2D eigenvalue weighted by atomic mass is 35.5. The van der Waals surface area contributed by atoms with Crippen molar-refractivity contribution in [3.05, 3.63) is 34.7 Å². The molecule has 0 unspecified atom stereocenters. The molecule has 0 amide bonds. The first-order chi connectivity index (χ1) is 8.65. The van der Waals surface area contributed by atoms with E-state index in [0.717, 1.165) is 23.3 Å². The Hall–Kier alpha value is -1.68. The molecular weight excluding hydrogens is 250 g/mol. The highest BCUT2D eigenvalue weighted by Crippen LogP contribution is 2.28. The average molecular weight is 264 g/mol. The van der Waals surface area contributed by atoms with Crippen LogP contribution in [0.15, 0.2) is 18.2 Å². The predicted octanol–water partition coefficient (Wildman–Crippen LogP) is 3.07. The summed E-state index contributed by atoms with van der Waals surface area (Å²) in [5, 5.41) is 8.40. The summed E-state index contributed by atoms with van der Waals surface area (Å²) in [4.78, 5) is 4.11. The molecule has 0 N–H and O–H groups in total. The summed E-state index contributed by atoms with van der Waals surface area (Å²) < 4.78 is 5.29. The van der Waals surface area contributed by atoms with Crippen LogP contribution < -0.4 is 4.74 Å². The third kappa shape index (κ3) is 2.43. The van der Waals surface area contributed by atoms with Gasteiger partial charge >= 0.3 is 0 Å². The molecule has 0 aliphatic heterocycles. The first-order valence-electron chi connectivity index (χ1n) is 5.69. The number of hydrogen-bond acceptors (Lipinski definition) is 4. The number of aryl methyl sites for hydroxylation is 2. The zero-order chi connectivity index (χ0) is 13.1. The molecule has 0 saturated carbocycles. The van der Waals surface area contributed by atoms with Crippen molar-refractivity contribution in [3.63, 3.8) is 0 Å². The van der Waals surface area contributed by atoms with Crippen molar-refractivity contribution in [2.24, 2.45) is 0 Å². The summed E-state index contributed by atoms with van der Waals surface area (Å²) in [5.74, 6) is 1.43. The molecule has 0 radical (unpaired) electrons. The van der Waals surface area contributed by atoms with Crippen molar-refractivity contribution in [1.29, 1.82) is 0 Å². The van der Waals surface area contributed by atoms with Gasteiger partial charge in [-0.3, -0.25) is 0 Å². The summed E-state index contributed by atoms with van der Waals surface area (Å²) in [6.07, 6.45) is 0.876. The topological polar surface area (TPSA) is 47.9 Å². The van der Waals surface area contributed by atoms with Gasteiger partial charge in [-0.2, -0.15) is 0 Å². The number of nitrogens with zero attached hydrogens (tertiary/aromatic N) is 3. The largest absolute Gasteiger partial charge is 0.496 e. The second kappa shape index (κ2) is 5.31. The number of benzene rings is 1. The Kier molecular flexibility index (Phi) is 3.77. The van der Waals surface area contributed by atoms with Crippen molar-refractivity contribution >= 4 is 11.6 Å². The van der Waals surface area contributed by atoms with Gasteiger partial charge in [0.05, 0.1) is 7.11 Å². The molecule has 0 atom stereocenters. The first kappa shape index (κ1) is 12.8. The third-order valence-electron chi connectivity index (χ3n) is 2.68. The van der Waals surface area contributed by atoms with Gasteiger partial charge in [0.2, 0.25) is 0 Å². The summed E-state index contributed by atoms with van der Waals surface area (Å²) in [5.41, 5.74) is 2.60. The molecule has 1 aromatic carbocycles. The van der Waals surface area contributed by atoms with Crippen molar-refractivity contribution in [2.45, 2.75) is 20.3 Å². The number of methoxy groups -OCH3 is 1. The van der Waals surface area contributed by atoms with Crippen LogP contribution >= 0.6 is 11.6 Å². The molecule has 18 heavy (non-hydrogen) atoms. The van der Waals surface area contributed by atoms with E-state index in [9.17, 15) is 0 Å². The third-order valence-corrected chi connectivity index (χ3v) is 2.95. The number of hydrogen-bond donors (Lipinski definition) is 0. The van der Waals surface area contributed by atoms with E-state index in [0.29, 0.717) is 16.7 Å². The minimum atomic E-state index is 0.370. The normalized spacial score (nSPS) is 10.4. The van der Waals surface area contributed by atoms with Crippen molar-refractivity contribution in [3.8, 4) is 17.0 Å². The Morgan fingerprint density at radius 2 is 2.06 bits per heavy atom. The summed E-state index contributed by atoms with van der Waals surface area (Å²) >= 11 is 6.09. The van der Waals surface area contributed by atoms with Crippen LogP contribution in [0.4, 0.5) is 0 Å². The Balaban J connectivity index is 2.51. The lowest BCUT2D eigenvalue weighted by Gasteiger charge is -2.09. The molecule has 0 bridgehead atoms. The van der Waals surface area contributed by atoms with Crippen molar-refractivity contribution < 1.29 is 4.74 Å². The molecule has 4 nitrogen and oxygen atoms in total. The van der Waals surface area contributed by atoms with E-state index in [-0.39, 0.29) is 0 Å². The van der Waals surface area contributed by atoms with E-state index in [2.05, 4.69) is 22.1 Å². The van der Waals surface area contributed by atoms with E-state index in [1.165, 1.54) is 0 Å². The van der Waals surface area contributed by atoms with Gasteiger partial charge in [0, 0.05) is 5.56 Å². The van der Waals surface area contributed by atoms with Crippen LogP contribution in [-0.2, 0) is 6.42 Å². The average Bonchev–Trinajstić information content (AvgIpc) is 2.38. The minimum Gasteiger partial charge on any atom is -0.496 e. The molecule has 0 fully saturated rings. The highest BCUT2D eigenvalue weighted by Gasteiger charge is 2.10. The molecular formula is C13H14ClN3O. The lowest BCUT2D eigenvalue weighted by molar-refractivity contribution is 0.410. The first-order valence-corrected chi connectivity index (χ1v) is 6.07. The quantitative estimate of drug-likeness (QED) is 0.854. The molecule has 2 rings (SSSR count). The van der Waals surface area contributed by atoms with Gasteiger partial charge < -0.3 is 4.74 Å². The monoisotopic (exact) mass is 263 g/mol. The minimum absolute atomic E-state index is 0.370. The van der Waals surface area contributed by atoms with Crippen molar-refractivity contribution in [1.82, 2.24) is 15.2 Å². The van der Waals surface area contributed by atoms with E-state index in [4.69, 9.17) is 16.3 Å². The molecule has 2 aromatic rings. The van der Waals surface area contributed by atoms with Crippen LogP contribution in [0.2, 0.25) is 5.15 Å². The maximum Gasteiger partial charge on any atom is 0.159 e. The SMILES string of the molecule is CCc1cc(-c2nnc(C)nc2Cl)ccc1OC. The Labute approximate surface area is 111 Å². The smallest absolute Gasteiger partial charge is 0.159 e. The summed E-state index contributed by atoms with van der Waals surface area (Å²) in [7, 11) is 1.66. The van der Waals surface area contributed by atoms with E-state index in [1.54, 1.807) is 14.0 Å². The molecule has 0 aliphatic rings. The molecule has 0 spiro atoms. The highest BCUT2D eigenvalue weighted by molar-refractivity contribution is 6.31. The van der Waals surface area contributed by atoms with Crippen LogP contribution in [0, 0.1) is 6.92 Å². The number of rotatable bonds is 3. The molecule has 1 heterocycles. The zero-order valence-corrected chi connectivity index (χ0v) is 11.3. The van der Waals surface area contributed by atoms with E-state index < -0.39 is 0 Å². The van der Waals surface area contributed by atoms with Crippen LogP contribution in [0.3, 0.4) is 0 Å². The molecule has 1 aromatic heterocycles. The lowest BCUT2D eigenvalue weighted by Crippen LogP contribution is -1.97. The predicted molar refractivity (Wildman–Crippen MR) is 70.9 cm³/mol. The number of aromatic nitrogens is 3. The summed E-state index contributed by atoms with van der Waals surface area (Å²) in [6.45, 7) is 3.83. The fourth-order valence-electron chi connectivity index (χ4n) is 1.76. The van der Waals surface area contributed by atoms with E-state index >= 15 is 0 Å². The number of halogens is 1. The Morgan fingerprint density at radius 1 is 1.28 bits per heavy atom. The maximum atomic E-state index is 6.09. The Morgan fingerprint density at radius 3 is 2.67 bits per heavy atom. The van der Waals surface area contributed by atoms with Gasteiger partial charge in [-0.05, 0) is 37.1 Å². The van der Waals surface area contributed by atoms with Crippen LogP contribution in [0.25, 0.3) is 11.3 Å². The van der Waals surface area contributed by atoms with Crippen LogP contribution in [0.5, 0.6) is 5.75 Å².